The van der Waals surface area contributed by atoms with Gasteiger partial charge < -0.3 is 0 Å². The molecule has 4 heteroatoms. The lowest BCUT2D eigenvalue weighted by molar-refractivity contribution is 0.105. The fourth-order valence-corrected chi connectivity index (χ4v) is 2.75. The van der Waals surface area contributed by atoms with E-state index in [-0.39, 0.29) is 5.78 Å². The second-order valence-electron chi connectivity index (χ2n) is 3.33. The van der Waals surface area contributed by atoms with Crippen molar-refractivity contribution in [1.29, 1.82) is 0 Å². The number of carbonyl (C=O) groups is 1. The van der Waals surface area contributed by atoms with Crippen molar-refractivity contribution in [2.45, 2.75) is 0 Å². The van der Waals surface area contributed by atoms with Crippen LogP contribution in [-0.2, 0) is 0 Å². The van der Waals surface area contributed by atoms with Gasteiger partial charge >= 0.3 is 0 Å². The van der Waals surface area contributed by atoms with Gasteiger partial charge in [0, 0.05) is 11.6 Å². The Morgan fingerprint density at radius 3 is 2.47 bits per heavy atom. The van der Waals surface area contributed by atoms with Crippen LogP contribution in [-0.4, -0.2) is 5.78 Å². The van der Waals surface area contributed by atoms with Crippen LogP contribution in [0, 0.1) is 0 Å². The van der Waals surface area contributed by atoms with E-state index in [1.165, 1.54) is 17.4 Å². The van der Waals surface area contributed by atoms with E-state index < -0.39 is 0 Å². The standard InChI is InChI=1S/C13H8Br2OS/c14-12(15)8-11(16)13-10(6-7-17-13)9-4-2-1-3-5-9/h1-8H. The van der Waals surface area contributed by atoms with Gasteiger partial charge in [0.25, 0.3) is 0 Å². The topological polar surface area (TPSA) is 17.1 Å². The maximum Gasteiger partial charge on any atom is 0.198 e. The Kier molecular flexibility index (Phi) is 4.31. The molecular formula is C13H8Br2OS. The fourth-order valence-electron chi connectivity index (χ4n) is 1.51. The molecule has 0 saturated heterocycles. The predicted molar refractivity (Wildman–Crippen MR) is 80.0 cm³/mol. The summed E-state index contributed by atoms with van der Waals surface area (Å²) in [5.74, 6) is 0.00241. The van der Waals surface area contributed by atoms with Gasteiger partial charge in [0.05, 0.1) is 8.27 Å². The third-order valence-corrected chi connectivity index (χ3v) is 3.60. The Bertz CT molecular complexity index is 554. The Balaban J connectivity index is 2.43. The van der Waals surface area contributed by atoms with Crippen molar-refractivity contribution in [1.82, 2.24) is 0 Å². The second kappa shape index (κ2) is 5.76. The van der Waals surface area contributed by atoms with E-state index in [4.69, 9.17) is 0 Å². The van der Waals surface area contributed by atoms with Gasteiger partial charge in [0.1, 0.15) is 0 Å². The lowest BCUT2D eigenvalue weighted by atomic mass is 10.1. The minimum Gasteiger partial charge on any atom is -0.288 e. The van der Waals surface area contributed by atoms with Crippen molar-refractivity contribution >= 4 is 49.0 Å². The van der Waals surface area contributed by atoms with Gasteiger partial charge in [0.15, 0.2) is 5.78 Å². The third kappa shape index (κ3) is 3.15. The SMILES string of the molecule is O=C(C=C(Br)Br)c1sccc1-c1ccccc1. The minimum absolute atomic E-state index is 0.00241. The molecule has 1 heterocycles. The Morgan fingerprint density at radius 1 is 1.12 bits per heavy atom. The lowest BCUT2D eigenvalue weighted by Gasteiger charge is -2.00. The zero-order valence-electron chi connectivity index (χ0n) is 8.69. The van der Waals surface area contributed by atoms with Gasteiger partial charge in [-0.3, -0.25) is 4.79 Å². The van der Waals surface area contributed by atoms with E-state index in [1.807, 2.05) is 41.8 Å². The molecule has 1 aromatic heterocycles. The van der Waals surface area contributed by atoms with E-state index in [0.29, 0.717) is 3.39 Å². The first-order valence-corrected chi connectivity index (χ1v) is 7.35. The molecule has 0 bridgehead atoms. The van der Waals surface area contributed by atoms with E-state index in [9.17, 15) is 4.79 Å². The van der Waals surface area contributed by atoms with Crippen molar-refractivity contribution in [3.8, 4) is 11.1 Å². The van der Waals surface area contributed by atoms with Crippen LogP contribution in [0.4, 0.5) is 0 Å². The van der Waals surface area contributed by atoms with E-state index in [2.05, 4.69) is 31.9 Å². The summed E-state index contributed by atoms with van der Waals surface area (Å²) in [4.78, 5) is 12.7. The molecule has 0 saturated carbocycles. The summed E-state index contributed by atoms with van der Waals surface area (Å²) < 4.78 is 0.655. The number of benzene rings is 1. The van der Waals surface area contributed by atoms with E-state index >= 15 is 0 Å². The second-order valence-corrected chi connectivity index (χ2v) is 7.02. The first-order valence-electron chi connectivity index (χ1n) is 4.88. The molecular weight excluding hydrogens is 364 g/mol. The number of hydrogen-bond donors (Lipinski definition) is 0. The average Bonchev–Trinajstić information content (AvgIpc) is 2.78. The summed E-state index contributed by atoms with van der Waals surface area (Å²) in [5.41, 5.74) is 2.05. The molecule has 0 fully saturated rings. The number of carbonyl (C=O) groups excluding carboxylic acids is 1. The van der Waals surface area contributed by atoms with Gasteiger partial charge in [-0.1, -0.05) is 30.3 Å². The highest BCUT2D eigenvalue weighted by Crippen LogP contribution is 2.29. The van der Waals surface area contributed by atoms with Crippen LogP contribution in [0.1, 0.15) is 9.67 Å². The van der Waals surface area contributed by atoms with Crippen LogP contribution in [0.15, 0.2) is 51.2 Å². The Hall–Kier alpha value is -0.710. The number of thiophene rings is 1. The predicted octanol–water partition coefficient (Wildman–Crippen LogP) is 5.23. The monoisotopic (exact) mass is 370 g/mol. The molecule has 0 spiro atoms. The smallest absolute Gasteiger partial charge is 0.198 e. The number of allylic oxidation sites excluding steroid dienone is 1. The minimum atomic E-state index is 0.00241. The van der Waals surface area contributed by atoms with Crippen LogP contribution < -0.4 is 0 Å². The van der Waals surface area contributed by atoms with Crippen molar-refractivity contribution in [3.05, 3.63) is 56.1 Å². The quantitative estimate of drug-likeness (QED) is 0.533. The maximum atomic E-state index is 12.0. The van der Waals surface area contributed by atoms with Crippen LogP contribution in [0.2, 0.25) is 0 Å². The number of hydrogen-bond acceptors (Lipinski definition) is 2. The highest BCUT2D eigenvalue weighted by atomic mass is 79.9. The van der Waals surface area contributed by atoms with Crippen LogP contribution in [0.5, 0.6) is 0 Å². The molecule has 1 nitrogen and oxygen atoms in total. The van der Waals surface area contributed by atoms with Crippen LogP contribution >= 0.6 is 43.2 Å². The summed E-state index contributed by atoms with van der Waals surface area (Å²) in [7, 11) is 0. The summed E-state index contributed by atoms with van der Waals surface area (Å²) >= 11 is 7.86. The first kappa shape index (κ1) is 12.7. The molecule has 0 radical (unpaired) electrons. The molecule has 1 aromatic carbocycles. The van der Waals surface area contributed by atoms with Crippen molar-refractivity contribution in [2.75, 3.05) is 0 Å². The molecule has 0 aliphatic carbocycles. The molecule has 0 aliphatic rings. The molecule has 0 unspecified atom stereocenters. The molecule has 0 atom stereocenters. The van der Waals surface area contributed by atoms with Crippen LogP contribution in [0.3, 0.4) is 0 Å². The average molecular weight is 372 g/mol. The molecule has 2 rings (SSSR count). The molecule has 86 valence electrons. The Labute approximate surface area is 120 Å². The third-order valence-electron chi connectivity index (χ3n) is 2.21. The zero-order valence-corrected chi connectivity index (χ0v) is 12.7. The lowest BCUT2D eigenvalue weighted by Crippen LogP contribution is -1.93. The number of rotatable bonds is 3. The van der Waals surface area contributed by atoms with E-state index in [1.54, 1.807) is 0 Å². The van der Waals surface area contributed by atoms with Gasteiger partial charge in [-0.2, -0.15) is 0 Å². The summed E-state index contributed by atoms with van der Waals surface area (Å²) in [6.07, 6.45) is 1.53. The molecule has 0 N–H and O–H groups in total. The highest BCUT2D eigenvalue weighted by molar-refractivity contribution is 9.28. The van der Waals surface area contributed by atoms with Crippen molar-refractivity contribution in [2.24, 2.45) is 0 Å². The first-order chi connectivity index (χ1) is 8.18. The molecule has 17 heavy (non-hydrogen) atoms. The van der Waals surface area contributed by atoms with Gasteiger partial charge in [-0.25, -0.2) is 0 Å². The Morgan fingerprint density at radius 2 is 1.82 bits per heavy atom. The molecule has 2 aromatic rings. The molecule has 0 amide bonds. The maximum absolute atomic E-state index is 12.0. The van der Waals surface area contributed by atoms with Gasteiger partial charge in [-0.15, -0.1) is 11.3 Å². The zero-order chi connectivity index (χ0) is 12.3. The molecule has 0 aliphatic heterocycles. The fraction of sp³-hybridized carbons (Fsp3) is 0. The van der Waals surface area contributed by atoms with Crippen molar-refractivity contribution in [3.63, 3.8) is 0 Å². The van der Waals surface area contributed by atoms with Crippen molar-refractivity contribution < 1.29 is 4.79 Å². The normalized spacial score (nSPS) is 10.0. The number of halogens is 2. The van der Waals surface area contributed by atoms with Gasteiger partial charge in [0.2, 0.25) is 0 Å². The summed E-state index contributed by atoms with van der Waals surface area (Å²) in [6.45, 7) is 0. The summed E-state index contributed by atoms with van der Waals surface area (Å²) in [5, 5.41) is 1.94. The largest absolute Gasteiger partial charge is 0.288 e. The van der Waals surface area contributed by atoms with Gasteiger partial charge in [-0.05, 0) is 48.9 Å². The highest BCUT2D eigenvalue weighted by Gasteiger charge is 2.12. The summed E-state index contributed by atoms with van der Waals surface area (Å²) in [6, 6.07) is 11.9. The van der Waals surface area contributed by atoms with E-state index in [0.717, 1.165) is 16.0 Å². The number of ketones is 1. The van der Waals surface area contributed by atoms with Crippen LogP contribution in [0.25, 0.3) is 11.1 Å².